The molecule has 0 saturated carbocycles. The van der Waals surface area contributed by atoms with Crippen molar-refractivity contribution in [1.29, 1.82) is 10.5 Å². The summed E-state index contributed by atoms with van der Waals surface area (Å²) in [5.74, 6) is 0. The molecule has 10 rings (SSSR count). The molecule has 2 aromatic heterocycles. The summed E-state index contributed by atoms with van der Waals surface area (Å²) in [7, 11) is 0. The van der Waals surface area contributed by atoms with Crippen LogP contribution in [0.4, 0.5) is 0 Å². The number of hydrogen-bond acceptors (Lipinski definition) is 2. The Labute approximate surface area is 331 Å². The van der Waals surface area contributed by atoms with Gasteiger partial charge in [-0.15, -0.1) is 0 Å². The zero-order chi connectivity index (χ0) is 38.8. The van der Waals surface area contributed by atoms with Crippen LogP contribution >= 0.6 is 0 Å². The molecule has 4 nitrogen and oxygen atoms in total. The van der Waals surface area contributed by atoms with E-state index in [2.05, 4.69) is 181 Å². The van der Waals surface area contributed by atoms with Crippen molar-refractivity contribution in [3.63, 3.8) is 0 Å². The van der Waals surface area contributed by atoms with E-state index >= 15 is 0 Å². The van der Waals surface area contributed by atoms with Crippen LogP contribution in [0.1, 0.15) is 27.8 Å². The summed E-state index contributed by atoms with van der Waals surface area (Å²) in [5, 5.41) is 25.7. The first-order valence-electron chi connectivity index (χ1n) is 19.2. The summed E-state index contributed by atoms with van der Waals surface area (Å²) in [6.45, 7) is 6.27. The molecule has 10 aromatic rings. The molecule has 0 atom stereocenters. The zero-order valence-corrected chi connectivity index (χ0v) is 31.9. The maximum Gasteiger partial charge on any atom is 0.101 e. The lowest BCUT2D eigenvalue weighted by Gasteiger charge is -2.19. The van der Waals surface area contributed by atoms with Gasteiger partial charge in [0.05, 0.1) is 50.6 Å². The fourth-order valence-electron chi connectivity index (χ4n) is 8.74. The van der Waals surface area contributed by atoms with E-state index in [9.17, 15) is 10.5 Å². The topological polar surface area (TPSA) is 57.4 Å². The molecule has 0 unspecified atom stereocenters. The largest absolute Gasteiger partial charge is 0.309 e. The van der Waals surface area contributed by atoms with Crippen LogP contribution in [-0.2, 0) is 0 Å². The maximum atomic E-state index is 11.1. The second-order valence-electron chi connectivity index (χ2n) is 15.1. The van der Waals surface area contributed by atoms with Crippen molar-refractivity contribution in [2.75, 3.05) is 0 Å². The number of benzene rings is 8. The Morgan fingerprint density at radius 1 is 0.368 bits per heavy atom. The average molecular weight is 729 g/mol. The Morgan fingerprint density at radius 3 is 1.42 bits per heavy atom. The molecule has 0 saturated heterocycles. The minimum absolute atomic E-state index is 0.551. The van der Waals surface area contributed by atoms with Gasteiger partial charge in [-0.2, -0.15) is 10.5 Å². The van der Waals surface area contributed by atoms with Crippen molar-refractivity contribution in [3.05, 3.63) is 192 Å². The van der Waals surface area contributed by atoms with Gasteiger partial charge in [0.2, 0.25) is 0 Å². The van der Waals surface area contributed by atoms with E-state index in [1.165, 1.54) is 22.3 Å². The quantitative estimate of drug-likeness (QED) is 0.177. The normalized spacial score (nSPS) is 11.4. The minimum Gasteiger partial charge on any atom is -0.309 e. The molecule has 0 bridgehead atoms. The van der Waals surface area contributed by atoms with Gasteiger partial charge in [0.1, 0.15) is 6.07 Å². The summed E-state index contributed by atoms with van der Waals surface area (Å²) in [5.41, 5.74) is 16.8. The molecule has 4 heteroatoms. The number of fused-ring (bicyclic) bond motifs is 6. The van der Waals surface area contributed by atoms with E-state index in [0.717, 1.165) is 82.8 Å². The fourth-order valence-corrected chi connectivity index (χ4v) is 8.74. The van der Waals surface area contributed by atoms with E-state index in [0.29, 0.717) is 11.1 Å². The van der Waals surface area contributed by atoms with Gasteiger partial charge >= 0.3 is 0 Å². The molecule has 8 aromatic carbocycles. The van der Waals surface area contributed by atoms with Crippen LogP contribution in [0, 0.1) is 43.4 Å². The Bertz CT molecular complexity index is 3360. The van der Waals surface area contributed by atoms with E-state index in [-0.39, 0.29) is 0 Å². The summed E-state index contributed by atoms with van der Waals surface area (Å²) < 4.78 is 4.52. The van der Waals surface area contributed by atoms with E-state index in [4.69, 9.17) is 0 Å². The monoisotopic (exact) mass is 728 g/mol. The van der Waals surface area contributed by atoms with Crippen molar-refractivity contribution in [2.45, 2.75) is 20.8 Å². The van der Waals surface area contributed by atoms with E-state index in [1.54, 1.807) is 0 Å². The molecule has 57 heavy (non-hydrogen) atoms. The molecule has 268 valence electrons. The van der Waals surface area contributed by atoms with E-state index < -0.39 is 0 Å². The SMILES string of the molecule is Cc1cccc(-c2ccc3c(c2)c2ccccc2n3-c2cc(-c3cc(C)cc(C#N)c3)c(-n3c4ccccc4c4cc(-c5cccc(C)c5)ccc43)cc2C#N)c1. The molecular formula is C53H36N4. The second kappa shape index (κ2) is 13.3. The number of nitrogens with zero attached hydrogens (tertiary/aromatic N) is 4. The fraction of sp³-hybridized carbons (Fsp3) is 0.0566. The van der Waals surface area contributed by atoms with Gasteiger partial charge < -0.3 is 9.13 Å². The highest BCUT2D eigenvalue weighted by atomic mass is 15.0. The van der Waals surface area contributed by atoms with Crippen LogP contribution in [0.3, 0.4) is 0 Å². The Balaban J connectivity index is 1.28. The predicted molar refractivity (Wildman–Crippen MR) is 235 cm³/mol. The number of hydrogen-bond donors (Lipinski definition) is 0. The molecule has 0 fully saturated rings. The lowest BCUT2D eigenvalue weighted by atomic mass is 9.96. The van der Waals surface area contributed by atoms with Crippen molar-refractivity contribution in [2.24, 2.45) is 0 Å². The molecule has 0 aliphatic carbocycles. The van der Waals surface area contributed by atoms with Crippen molar-refractivity contribution in [1.82, 2.24) is 9.13 Å². The number of aryl methyl sites for hydroxylation is 3. The van der Waals surface area contributed by atoms with Crippen molar-refractivity contribution >= 4 is 43.6 Å². The van der Waals surface area contributed by atoms with Gasteiger partial charge in [-0.25, -0.2) is 0 Å². The molecule has 0 aliphatic rings. The summed E-state index contributed by atoms with van der Waals surface area (Å²) in [6.07, 6.45) is 0. The van der Waals surface area contributed by atoms with Gasteiger partial charge in [0, 0.05) is 27.1 Å². The summed E-state index contributed by atoms with van der Waals surface area (Å²) in [4.78, 5) is 0. The third-order valence-corrected chi connectivity index (χ3v) is 11.3. The Morgan fingerprint density at radius 2 is 0.877 bits per heavy atom. The van der Waals surface area contributed by atoms with Gasteiger partial charge in [0.25, 0.3) is 0 Å². The minimum atomic E-state index is 0.551. The maximum absolute atomic E-state index is 11.1. The molecular weight excluding hydrogens is 693 g/mol. The molecule has 0 spiro atoms. The summed E-state index contributed by atoms with van der Waals surface area (Å²) in [6, 6.07) is 62.7. The van der Waals surface area contributed by atoms with Crippen molar-refractivity contribution in [3.8, 4) is 56.9 Å². The van der Waals surface area contributed by atoms with Crippen LogP contribution in [-0.4, -0.2) is 9.13 Å². The highest BCUT2D eigenvalue weighted by Crippen LogP contribution is 2.42. The molecule has 2 heterocycles. The number of nitriles is 2. The van der Waals surface area contributed by atoms with Gasteiger partial charge in [0.15, 0.2) is 0 Å². The smallest absolute Gasteiger partial charge is 0.101 e. The van der Waals surface area contributed by atoms with Gasteiger partial charge in [-0.1, -0.05) is 114 Å². The molecule has 0 N–H and O–H groups in total. The van der Waals surface area contributed by atoms with Crippen LogP contribution in [0.25, 0.3) is 88.4 Å². The van der Waals surface area contributed by atoms with Gasteiger partial charge in [-0.05, 0) is 115 Å². The van der Waals surface area contributed by atoms with Crippen LogP contribution < -0.4 is 0 Å². The highest BCUT2D eigenvalue weighted by Gasteiger charge is 2.22. The van der Waals surface area contributed by atoms with E-state index in [1.807, 2.05) is 25.1 Å². The highest BCUT2D eigenvalue weighted by molar-refractivity contribution is 6.12. The lowest BCUT2D eigenvalue weighted by Crippen LogP contribution is -2.04. The number of rotatable bonds is 5. The van der Waals surface area contributed by atoms with Crippen molar-refractivity contribution < 1.29 is 0 Å². The first-order chi connectivity index (χ1) is 27.9. The number of para-hydroxylation sites is 2. The molecule has 0 amide bonds. The Hall–Kier alpha value is -7.66. The zero-order valence-electron chi connectivity index (χ0n) is 31.9. The Kier molecular flexibility index (Phi) is 7.89. The third-order valence-electron chi connectivity index (χ3n) is 11.3. The first-order valence-corrected chi connectivity index (χ1v) is 19.2. The van der Waals surface area contributed by atoms with Crippen LogP contribution in [0.5, 0.6) is 0 Å². The third kappa shape index (κ3) is 5.58. The molecule has 0 radical (unpaired) electrons. The summed E-state index contributed by atoms with van der Waals surface area (Å²) >= 11 is 0. The van der Waals surface area contributed by atoms with Crippen LogP contribution in [0.15, 0.2) is 164 Å². The first kappa shape index (κ1) is 33.9. The average Bonchev–Trinajstić information content (AvgIpc) is 3.75. The lowest BCUT2D eigenvalue weighted by molar-refractivity contribution is 1.13. The second-order valence-corrected chi connectivity index (χ2v) is 15.1. The molecule has 0 aliphatic heterocycles. The predicted octanol–water partition coefficient (Wildman–Crippen LogP) is 13.6. The van der Waals surface area contributed by atoms with Gasteiger partial charge in [-0.3, -0.25) is 0 Å². The number of aromatic nitrogens is 2. The standard InChI is InChI=1S/C53H36N4/c1-33-10-8-12-37(23-33)39-18-20-50-46(27-39)43-14-4-6-16-48(43)56(50)52-30-45(41-25-35(3)22-36(26-41)31-54)53(29-42(52)32-55)57-49-17-7-5-15-44(49)47-28-40(19-21-51(47)57)38-13-9-11-34(2)24-38/h4-30H,1-3H3. The van der Waals surface area contributed by atoms with Crippen LogP contribution in [0.2, 0.25) is 0 Å².